The molecular formula is C18H25N3O6. The number of Topliss-reactive ketones (excluding diaryl/α,β-unsaturated/α-hetero) is 1. The van der Waals surface area contributed by atoms with E-state index in [1.165, 1.54) is 19.1 Å². The van der Waals surface area contributed by atoms with Gasteiger partial charge >= 0.3 is 5.97 Å². The molecule has 0 spiro atoms. The molecule has 0 saturated heterocycles. The van der Waals surface area contributed by atoms with E-state index in [9.17, 15) is 24.3 Å². The normalized spacial score (nSPS) is 12.7. The van der Waals surface area contributed by atoms with Crippen molar-refractivity contribution in [2.45, 2.75) is 26.3 Å². The number of rotatable bonds is 11. The molecule has 0 fully saturated rings. The third-order valence-electron chi connectivity index (χ3n) is 3.80. The maximum absolute atomic E-state index is 12.0. The number of carbonyl (C=O) groups excluding carboxylic acids is 3. The van der Waals surface area contributed by atoms with E-state index in [1.807, 2.05) is 0 Å². The summed E-state index contributed by atoms with van der Waals surface area (Å²) in [6, 6.07) is 5.67. The van der Waals surface area contributed by atoms with Crippen LogP contribution in [0, 0.1) is 5.92 Å². The molecule has 1 aromatic carbocycles. The van der Waals surface area contributed by atoms with Crippen molar-refractivity contribution in [3.63, 3.8) is 0 Å². The third kappa shape index (κ3) is 8.82. The van der Waals surface area contributed by atoms with E-state index in [4.69, 9.17) is 5.11 Å². The first kappa shape index (κ1) is 22.1. The molecule has 2 unspecified atom stereocenters. The molecule has 1 rings (SSSR count). The number of hydrogen-bond donors (Lipinski definition) is 5. The van der Waals surface area contributed by atoms with Crippen molar-refractivity contribution in [1.82, 2.24) is 16.0 Å². The summed E-state index contributed by atoms with van der Waals surface area (Å²) in [5.41, 5.74) is 0.796. The Bertz CT molecular complexity index is 674. The Balaban J connectivity index is 2.41. The number of benzene rings is 1. The van der Waals surface area contributed by atoms with E-state index >= 15 is 0 Å². The van der Waals surface area contributed by atoms with Gasteiger partial charge in [-0.25, -0.2) is 0 Å². The van der Waals surface area contributed by atoms with Gasteiger partial charge in [0.15, 0.2) is 5.78 Å². The van der Waals surface area contributed by atoms with Crippen LogP contribution in [0.25, 0.3) is 0 Å². The summed E-state index contributed by atoms with van der Waals surface area (Å²) in [4.78, 5) is 45.8. The van der Waals surface area contributed by atoms with Crippen LogP contribution in [0.4, 0.5) is 0 Å². The van der Waals surface area contributed by atoms with Gasteiger partial charge in [0, 0.05) is 12.5 Å². The van der Waals surface area contributed by atoms with Gasteiger partial charge in [0.1, 0.15) is 12.3 Å². The molecule has 2 amide bonds. The number of phenolic OH excluding ortho intramolecular Hbond substituents is 1. The lowest BCUT2D eigenvalue weighted by molar-refractivity contribution is -0.138. The highest BCUT2D eigenvalue weighted by Gasteiger charge is 2.18. The topological polar surface area (TPSA) is 145 Å². The van der Waals surface area contributed by atoms with Gasteiger partial charge in [0.2, 0.25) is 11.8 Å². The van der Waals surface area contributed by atoms with Gasteiger partial charge in [-0.3, -0.25) is 19.2 Å². The fraction of sp³-hybridized carbons (Fsp3) is 0.444. The summed E-state index contributed by atoms with van der Waals surface area (Å²) in [7, 11) is 0. The summed E-state index contributed by atoms with van der Waals surface area (Å²) in [5, 5.41) is 25.5. The van der Waals surface area contributed by atoms with Crippen LogP contribution in [0.15, 0.2) is 24.3 Å². The van der Waals surface area contributed by atoms with Crippen molar-refractivity contribution in [3.05, 3.63) is 29.8 Å². The molecule has 9 heteroatoms. The maximum Gasteiger partial charge on any atom is 0.322 e. The number of phenols is 1. The Morgan fingerprint density at radius 2 is 1.70 bits per heavy atom. The fourth-order valence-corrected chi connectivity index (χ4v) is 2.24. The zero-order valence-electron chi connectivity index (χ0n) is 15.3. The van der Waals surface area contributed by atoms with Crippen LogP contribution in [0.1, 0.15) is 19.4 Å². The van der Waals surface area contributed by atoms with Crippen LogP contribution in [0.3, 0.4) is 0 Å². The van der Waals surface area contributed by atoms with Crippen LogP contribution in [0.2, 0.25) is 0 Å². The highest BCUT2D eigenvalue weighted by atomic mass is 16.4. The summed E-state index contributed by atoms with van der Waals surface area (Å²) in [6.07, 6.45) is 0.301. The number of aliphatic carboxylic acids is 1. The smallest absolute Gasteiger partial charge is 0.322 e. The first-order valence-corrected chi connectivity index (χ1v) is 8.47. The molecule has 0 heterocycles. The quantitative estimate of drug-likeness (QED) is 0.346. The predicted molar refractivity (Wildman–Crippen MR) is 97.1 cm³/mol. The van der Waals surface area contributed by atoms with Crippen molar-refractivity contribution in [2.24, 2.45) is 5.92 Å². The monoisotopic (exact) mass is 379 g/mol. The lowest BCUT2D eigenvalue weighted by atomic mass is 10.0. The number of nitrogens with one attached hydrogen (secondary N) is 3. The largest absolute Gasteiger partial charge is 0.508 e. The number of amides is 2. The summed E-state index contributed by atoms with van der Waals surface area (Å²) < 4.78 is 0. The van der Waals surface area contributed by atoms with E-state index in [0.717, 1.165) is 5.56 Å². The second-order valence-electron chi connectivity index (χ2n) is 6.24. The van der Waals surface area contributed by atoms with E-state index in [0.29, 0.717) is 6.42 Å². The number of ketones is 1. The van der Waals surface area contributed by atoms with Gasteiger partial charge in [-0.15, -0.1) is 0 Å². The molecule has 0 radical (unpaired) electrons. The minimum absolute atomic E-state index is 0.0874. The molecule has 5 N–H and O–H groups in total. The predicted octanol–water partition coefficient (Wildman–Crippen LogP) is -0.565. The van der Waals surface area contributed by atoms with Gasteiger partial charge in [0.05, 0.1) is 12.6 Å². The number of aromatic hydroxyl groups is 1. The summed E-state index contributed by atoms with van der Waals surface area (Å²) in [5.74, 6) is -2.55. The van der Waals surface area contributed by atoms with Crippen molar-refractivity contribution in [1.29, 1.82) is 0 Å². The zero-order chi connectivity index (χ0) is 20.4. The van der Waals surface area contributed by atoms with Crippen molar-refractivity contribution < 1.29 is 29.4 Å². The second kappa shape index (κ2) is 10.9. The number of carboxylic acid groups (broad SMARTS) is 1. The molecule has 0 aliphatic rings. The summed E-state index contributed by atoms with van der Waals surface area (Å²) in [6.45, 7) is 2.62. The van der Waals surface area contributed by atoms with Crippen LogP contribution in [0.5, 0.6) is 5.75 Å². The van der Waals surface area contributed by atoms with Gasteiger partial charge in [-0.2, -0.15) is 0 Å². The number of carboxylic acids is 1. The Morgan fingerprint density at radius 3 is 2.26 bits per heavy atom. The first-order valence-electron chi connectivity index (χ1n) is 8.47. The van der Waals surface area contributed by atoms with Gasteiger partial charge < -0.3 is 26.2 Å². The Morgan fingerprint density at radius 1 is 1.07 bits per heavy atom. The average Bonchev–Trinajstić information content (AvgIpc) is 2.60. The highest BCUT2D eigenvalue weighted by molar-refractivity contribution is 5.88. The first-order chi connectivity index (χ1) is 12.7. The molecule has 148 valence electrons. The van der Waals surface area contributed by atoms with E-state index < -0.39 is 36.3 Å². The SMILES string of the molecule is CC(=O)C(Cc1ccc(O)cc1)NC(=O)CNCC(C)C(=O)NCC(=O)O. The summed E-state index contributed by atoms with van der Waals surface area (Å²) >= 11 is 0. The molecule has 0 saturated carbocycles. The second-order valence-corrected chi connectivity index (χ2v) is 6.24. The Hall–Kier alpha value is -2.94. The van der Waals surface area contributed by atoms with E-state index in [-0.39, 0.29) is 24.6 Å². The zero-order valence-corrected chi connectivity index (χ0v) is 15.3. The van der Waals surface area contributed by atoms with Crippen LogP contribution in [-0.2, 0) is 25.6 Å². The van der Waals surface area contributed by atoms with Gasteiger partial charge in [-0.05, 0) is 31.0 Å². The maximum atomic E-state index is 12.0. The third-order valence-corrected chi connectivity index (χ3v) is 3.80. The fourth-order valence-electron chi connectivity index (χ4n) is 2.24. The molecule has 9 nitrogen and oxygen atoms in total. The van der Waals surface area contributed by atoms with Crippen molar-refractivity contribution in [2.75, 3.05) is 19.6 Å². The van der Waals surface area contributed by atoms with Gasteiger partial charge in [-0.1, -0.05) is 19.1 Å². The van der Waals surface area contributed by atoms with Crippen LogP contribution >= 0.6 is 0 Å². The van der Waals surface area contributed by atoms with Gasteiger partial charge in [0.25, 0.3) is 0 Å². The van der Waals surface area contributed by atoms with Crippen LogP contribution in [-0.4, -0.2) is 59.5 Å². The minimum atomic E-state index is -1.13. The standard InChI is InChI=1S/C18H25N3O6/c1-11(18(27)20-10-17(25)26)8-19-9-16(24)21-15(12(2)22)7-13-3-5-14(23)6-4-13/h3-6,11,15,19,23H,7-10H2,1-2H3,(H,20,27)(H,21,24)(H,25,26). The molecule has 0 aromatic heterocycles. The van der Waals surface area contributed by atoms with Crippen LogP contribution < -0.4 is 16.0 Å². The van der Waals surface area contributed by atoms with E-state index in [1.54, 1.807) is 19.1 Å². The molecule has 0 aliphatic heterocycles. The number of carbonyl (C=O) groups is 4. The molecule has 27 heavy (non-hydrogen) atoms. The minimum Gasteiger partial charge on any atom is -0.508 e. The molecule has 0 aliphatic carbocycles. The lowest BCUT2D eigenvalue weighted by Gasteiger charge is -2.17. The van der Waals surface area contributed by atoms with E-state index in [2.05, 4.69) is 16.0 Å². The molecular weight excluding hydrogens is 354 g/mol. The molecule has 0 bridgehead atoms. The number of hydrogen-bond acceptors (Lipinski definition) is 6. The average molecular weight is 379 g/mol. The van der Waals surface area contributed by atoms with Crippen molar-refractivity contribution in [3.8, 4) is 5.75 Å². The molecule has 1 aromatic rings. The molecule has 2 atom stereocenters. The van der Waals surface area contributed by atoms with Crippen molar-refractivity contribution >= 4 is 23.6 Å². The highest BCUT2D eigenvalue weighted by Crippen LogP contribution is 2.11. The lowest BCUT2D eigenvalue weighted by Crippen LogP contribution is -2.46. The Labute approximate surface area is 157 Å². The Kier molecular flexibility index (Phi) is 8.94.